The highest BCUT2D eigenvalue weighted by Gasteiger charge is 2.18. The summed E-state index contributed by atoms with van der Waals surface area (Å²) in [6.07, 6.45) is 7.74. The van der Waals surface area contributed by atoms with E-state index in [-0.39, 0.29) is 11.9 Å². The van der Waals surface area contributed by atoms with E-state index in [2.05, 4.69) is 5.92 Å². The standard InChI is InChI=1S/C11H20N2O/c1-4-7-10(12)11(14)13(8-5-2)9-6-3/h2,10H,4,6-9,12H2,1,3H3/t10-/m0/s1. The number of nitrogens with two attached hydrogens (primary N) is 1. The van der Waals surface area contributed by atoms with Crippen molar-refractivity contribution in [2.45, 2.75) is 39.2 Å². The molecule has 80 valence electrons. The number of amides is 1. The zero-order chi connectivity index (χ0) is 11.0. The van der Waals surface area contributed by atoms with Gasteiger partial charge in [-0.15, -0.1) is 6.42 Å². The van der Waals surface area contributed by atoms with Gasteiger partial charge in [0.05, 0.1) is 12.6 Å². The average molecular weight is 196 g/mol. The van der Waals surface area contributed by atoms with Crippen LogP contribution in [-0.4, -0.2) is 29.9 Å². The Morgan fingerprint density at radius 2 is 2.14 bits per heavy atom. The first-order chi connectivity index (χ1) is 6.67. The fraction of sp³-hybridized carbons (Fsp3) is 0.727. The molecule has 3 heteroatoms. The summed E-state index contributed by atoms with van der Waals surface area (Å²) < 4.78 is 0. The normalized spacial score (nSPS) is 11.9. The minimum absolute atomic E-state index is 0.0216. The summed E-state index contributed by atoms with van der Waals surface area (Å²) in [6.45, 7) is 5.09. The van der Waals surface area contributed by atoms with Gasteiger partial charge in [-0.05, 0) is 12.8 Å². The monoisotopic (exact) mass is 196 g/mol. The molecule has 0 aliphatic heterocycles. The third kappa shape index (κ3) is 4.29. The zero-order valence-electron chi connectivity index (χ0n) is 9.12. The third-order valence-corrected chi connectivity index (χ3v) is 2.00. The van der Waals surface area contributed by atoms with Gasteiger partial charge in [0.25, 0.3) is 0 Å². The lowest BCUT2D eigenvalue weighted by Crippen LogP contribution is -2.44. The molecule has 0 fully saturated rings. The molecule has 0 aliphatic rings. The Bertz CT molecular complexity index is 208. The molecule has 0 bridgehead atoms. The van der Waals surface area contributed by atoms with Gasteiger partial charge in [-0.3, -0.25) is 4.79 Å². The van der Waals surface area contributed by atoms with E-state index in [9.17, 15) is 4.79 Å². The van der Waals surface area contributed by atoms with E-state index in [0.29, 0.717) is 13.1 Å². The lowest BCUT2D eigenvalue weighted by Gasteiger charge is -2.22. The summed E-state index contributed by atoms with van der Waals surface area (Å²) in [4.78, 5) is 13.4. The lowest BCUT2D eigenvalue weighted by molar-refractivity contribution is -0.132. The van der Waals surface area contributed by atoms with E-state index in [1.165, 1.54) is 0 Å². The lowest BCUT2D eigenvalue weighted by atomic mass is 10.1. The molecule has 0 radical (unpaired) electrons. The quantitative estimate of drug-likeness (QED) is 0.644. The molecule has 0 saturated carbocycles. The van der Waals surface area contributed by atoms with Crippen LogP contribution in [0.2, 0.25) is 0 Å². The van der Waals surface area contributed by atoms with Crippen molar-refractivity contribution in [3.8, 4) is 12.3 Å². The van der Waals surface area contributed by atoms with Crippen LogP contribution in [0, 0.1) is 12.3 Å². The van der Waals surface area contributed by atoms with Crippen LogP contribution < -0.4 is 5.73 Å². The highest BCUT2D eigenvalue weighted by molar-refractivity contribution is 5.81. The molecule has 0 spiro atoms. The van der Waals surface area contributed by atoms with Crippen LogP contribution >= 0.6 is 0 Å². The first-order valence-electron chi connectivity index (χ1n) is 5.15. The Morgan fingerprint density at radius 1 is 1.50 bits per heavy atom. The number of nitrogens with zero attached hydrogens (tertiary/aromatic N) is 1. The minimum atomic E-state index is -0.389. The van der Waals surface area contributed by atoms with Gasteiger partial charge in [0.2, 0.25) is 5.91 Å². The second-order valence-corrected chi connectivity index (χ2v) is 3.36. The summed E-state index contributed by atoms with van der Waals surface area (Å²) >= 11 is 0. The fourth-order valence-corrected chi connectivity index (χ4v) is 1.32. The summed E-state index contributed by atoms with van der Waals surface area (Å²) in [7, 11) is 0. The van der Waals surface area contributed by atoms with E-state index < -0.39 is 0 Å². The first kappa shape index (κ1) is 13.0. The van der Waals surface area contributed by atoms with Crippen molar-refractivity contribution in [1.82, 2.24) is 4.90 Å². The number of hydrogen-bond acceptors (Lipinski definition) is 2. The largest absolute Gasteiger partial charge is 0.330 e. The molecule has 0 heterocycles. The van der Waals surface area contributed by atoms with Gasteiger partial charge in [0.15, 0.2) is 0 Å². The van der Waals surface area contributed by atoms with Crippen molar-refractivity contribution in [2.75, 3.05) is 13.1 Å². The number of rotatable bonds is 6. The van der Waals surface area contributed by atoms with Crippen LogP contribution in [0.3, 0.4) is 0 Å². The highest BCUT2D eigenvalue weighted by Crippen LogP contribution is 2.00. The Labute approximate surface area is 86.6 Å². The molecular weight excluding hydrogens is 176 g/mol. The first-order valence-corrected chi connectivity index (χ1v) is 5.15. The van der Waals surface area contributed by atoms with Crippen LogP contribution in [0.25, 0.3) is 0 Å². The Kier molecular flexibility index (Phi) is 6.87. The number of carbonyl (C=O) groups excluding carboxylic acids is 1. The van der Waals surface area contributed by atoms with Gasteiger partial charge < -0.3 is 10.6 Å². The maximum absolute atomic E-state index is 11.7. The van der Waals surface area contributed by atoms with Gasteiger partial charge in [-0.25, -0.2) is 0 Å². The van der Waals surface area contributed by atoms with Gasteiger partial charge in [0, 0.05) is 6.54 Å². The summed E-state index contributed by atoms with van der Waals surface area (Å²) in [5.74, 6) is 2.46. The molecule has 0 aromatic carbocycles. The van der Waals surface area contributed by atoms with Crippen molar-refractivity contribution >= 4 is 5.91 Å². The second kappa shape index (κ2) is 7.40. The topological polar surface area (TPSA) is 46.3 Å². The van der Waals surface area contributed by atoms with Crippen molar-refractivity contribution in [2.24, 2.45) is 5.73 Å². The Hall–Kier alpha value is -1.01. The molecule has 1 amide bonds. The molecule has 0 rings (SSSR count). The summed E-state index contributed by atoms with van der Waals surface area (Å²) in [5.41, 5.74) is 5.73. The van der Waals surface area contributed by atoms with E-state index in [1.54, 1.807) is 4.90 Å². The third-order valence-electron chi connectivity index (χ3n) is 2.00. The fourth-order valence-electron chi connectivity index (χ4n) is 1.32. The predicted molar refractivity (Wildman–Crippen MR) is 58.6 cm³/mol. The molecule has 0 saturated heterocycles. The molecule has 0 unspecified atom stereocenters. The maximum atomic E-state index is 11.7. The number of terminal acetylenes is 1. The van der Waals surface area contributed by atoms with Gasteiger partial charge in [-0.2, -0.15) is 0 Å². The summed E-state index contributed by atoms with van der Waals surface area (Å²) in [6, 6.07) is -0.389. The van der Waals surface area contributed by atoms with Gasteiger partial charge >= 0.3 is 0 Å². The SMILES string of the molecule is C#CCN(CCC)C(=O)[C@@H](N)CCC. The number of hydrogen-bond donors (Lipinski definition) is 1. The minimum Gasteiger partial charge on any atom is -0.330 e. The molecule has 14 heavy (non-hydrogen) atoms. The molecule has 1 atom stereocenters. The van der Waals surface area contributed by atoms with E-state index in [0.717, 1.165) is 19.3 Å². The van der Waals surface area contributed by atoms with E-state index in [4.69, 9.17) is 12.2 Å². The Balaban J connectivity index is 4.20. The van der Waals surface area contributed by atoms with E-state index >= 15 is 0 Å². The second-order valence-electron chi connectivity index (χ2n) is 3.36. The van der Waals surface area contributed by atoms with Crippen LogP contribution in [0.4, 0.5) is 0 Å². The van der Waals surface area contributed by atoms with E-state index in [1.807, 2.05) is 13.8 Å². The zero-order valence-corrected chi connectivity index (χ0v) is 9.12. The molecule has 0 aromatic heterocycles. The van der Waals surface area contributed by atoms with Crippen molar-refractivity contribution in [1.29, 1.82) is 0 Å². The molecule has 2 N–H and O–H groups in total. The smallest absolute Gasteiger partial charge is 0.240 e. The van der Waals surface area contributed by atoms with Crippen molar-refractivity contribution < 1.29 is 4.79 Å². The summed E-state index contributed by atoms with van der Waals surface area (Å²) in [5, 5.41) is 0. The average Bonchev–Trinajstić information content (AvgIpc) is 2.17. The van der Waals surface area contributed by atoms with Crippen LogP contribution in [0.15, 0.2) is 0 Å². The van der Waals surface area contributed by atoms with Gasteiger partial charge in [0.1, 0.15) is 0 Å². The van der Waals surface area contributed by atoms with Crippen LogP contribution in [0.1, 0.15) is 33.1 Å². The molecule has 0 aliphatic carbocycles. The van der Waals surface area contributed by atoms with Crippen molar-refractivity contribution in [3.05, 3.63) is 0 Å². The number of carbonyl (C=O) groups is 1. The maximum Gasteiger partial charge on any atom is 0.240 e. The Morgan fingerprint density at radius 3 is 2.57 bits per heavy atom. The molecular formula is C11H20N2O. The molecule has 0 aromatic rings. The van der Waals surface area contributed by atoms with Gasteiger partial charge in [-0.1, -0.05) is 26.2 Å². The van der Waals surface area contributed by atoms with Crippen LogP contribution in [0.5, 0.6) is 0 Å². The van der Waals surface area contributed by atoms with Crippen molar-refractivity contribution in [3.63, 3.8) is 0 Å². The highest BCUT2D eigenvalue weighted by atomic mass is 16.2. The molecule has 3 nitrogen and oxygen atoms in total. The predicted octanol–water partition coefficient (Wildman–Crippen LogP) is 0.986. The van der Waals surface area contributed by atoms with Crippen LogP contribution in [-0.2, 0) is 4.79 Å².